The number of carbonyl (C=O) groups excluding carboxylic acids is 1. The van der Waals surface area contributed by atoms with Crippen molar-refractivity contribution in [2.45, 2.75) is 24.8 Å². The van der Waals surface area contributed by atoms with Gasteiger partial charge in [-0.05, 0) is 41.6 Å². The summed E-state index contributed by atoms with van der Waals surface area (Å²) >= 11 is 1.61. The van der Waals surface area contributed by atoms with Gasteiger partial charge in [-0.1, -0.05) is 19.9 Å². The highest BCUT2D eigenvalue weighted by molar-refractivity contribution is 7.90. The van der Waals surface area contributed by atoms with Crippen LogP contribution in [0.4, 0.5) is 0 Å². The fourth-order valence-corrected chi connectivity index (χ4v) is 3.69. The van der Waals surface area contributed by atoms with Crippen LogP contribution >= 0.6 is 11.3 Å². The van der Waals surface area contributed by atoms with Crippen LogP contribution in [0.25, 0.3) is 0 Å². The van der Waals surface area contributed by atoms with Gasteiger partial charge >= 0.3 is 0 Å². The third kappa shape index (κ3) is 3.96. The van der Waals surface area contributed by atoms with Crippen molar-refractivity contribution in [1.82, 2.24) is 5.32 Å². The van der Waals surface area contributed by atoms with Crippen LogP contribution in [-0.4, -0.2) is 20.6 Å². The van der Waals surface area contributed by atoms with Gasteiger partial charge in [-0.2, -0.15) is 0 Å². The molecule has 2 aromatic rings. The molecule has 0 saturated carbocycles. The molecule has 0 spiro atoms. The molecule has 0 aliphatic rings. The van der Waals surface area contributed by atoms with Gasteiger partial charge < -0.3 is 5.32 Å². The molecule has 1 atom stereocenters. The molecule has 0 aliphatic carbocycles. The number of thiophene rings is 1. The second-order valence-corrected chi connectivity index (χ2v) is 8.50. The van der Waals surface area contributed by atoms with Gasteiger partial charge in [0, 0.05) is 16.7 Å². The highest BCUT2D eigenvalue weighted by Gasteiger charge is 2.20. The Morgan fingerprint density at radius 3 is 2.23 bits per heavy atom. The van der Waals surface area contributed by atoms with E-state index < -0.39 is 9.84 Å². The number of rotatable bonds is 5. The van der Waals surface area contributed by atoms with Crippen molar-refractivity contribution in [2.24, 2.45) is 5.92 Å². The zero-order valence-corrected chi connectivity index (χ0v) is 14.4. The van der Waals surface area contributed by atoms with Crippen molar-refractivity contribution < 1.29 is 13.2 Å². The highest BCUT2D eigenvalue weighted by Crippen LogP contribution is 2.26. The molecule has 0 bridgehead atoms. The average Bonchev–Trinajstić information content (AvgIpc) is 2.97. The fourth-order valence-electron chi connectivity index (χ4n) is 2.11. The van der Waals surface area contributed by atoms with Gasteiger partial charge in [-0.3, -0.25) is 4.79 Å². The van der Waals surface area contributed by atoms with Crippen molar-refractivity contribution in [3.8, 4) is 0 Å². The molecule has 0 fully saturated rings. The van der Waals surface area contributed by atoms with Crippen LogP contribution in [0.15, 0.2) is 46.7 Å². The quantitative estimate of drug-likeness (QED) is 0.911. The Morgan fingerprint density at radius 1 is 1.14 bits per heavy atom. The minimum atomic E-state index is -3.25. The molecule has 1 aromatic carbocycles. The van der Waals surface area contributed by atoms with Crippen molar-refractivity contribution in [2.75, 3.05) is 6.26 Å². The Balaban J connectivity index is 2.17. The Morgan fingerprint density at radius 2 is 1.77 bits per heavy atom. The Hall–Kier alpha value is -1.66. The summed E-state index contributed by atoms with van der Waals surface area (Å²) < 4.78 is 22.9. The number of benzene rings is 1. The second-order valence-electron chi connectivity index (χ2n) is 5.51. The number of hydrogen-bond acceptors (Lipinski definition) is 4. The molecule has 6 heteroatoms. The van der Waals surface area contributed by atoms with Gasteiger partial charge in [-0.25, -0.2) is 8.42 Å². The van der Waals surface area contributed by atoms with Crippen LogP contribution in [0.2, 0.25) is 0 Å². The number of nitrogens with one attached hydrogen (secondary N) is 1. The van der Waals surface area contributed by atoms with Crippen LogP contribution in [0.3, 0.4) is 0 Å². The summed E-state index contributed by atoms with van der Waals surface area (Å²) in [5, 5.41) is 5.00. The Bertz CT molecular complexity index is 732. The van der Waals surface area contributed by atoms with Gasteiger partial charge in [0.1, 0.15) is 0 Å². The summed E-state index contributed by atoms with van der Waals surface area (Å²) in [6.45, 7) is 4.11. The predicted octanol–water partition coefficient (Wildman–Crippen LogP) is 3.28. The van der Waals surface area contributed by atoms with Crippen molar-refractivity contribution in [3.63, 3.8) is 0 Å². The van der Waals surface area contributed by atoms with Crippen molar-refractivity contribution >= 4 is 27.1 Å². The number of amides is 1. The lowest BCUT2D eigenvalue weighted by molar-refractivity contribution is 0.0926. The molecule has 2 rings (SSSR count). The first-order valence-corrected chi connectivity index (χ1v) is 9.70. The molecule has 118 valence electrons. The van der Waals surface area contributed by atoms with Crippen LogP contribution in [0.1, 0.15) is 35.1 Å². The van der Waals surface area contributed by atoms with E-state index >= 15 is 0 Å². The summed E-state index contributed by atoms with van der Waals surface area (Å²) in [4.78, 5) is 13.7. The lowest BCUT2D eigenvalue weighted by atomic mass is 10.0. The molecular formula is C16H19NO3S2. The predicted molar refractivity (Wildman–Crippen MR) is 88.9 cm³/mol. The monoisotopic (exact) mass is 337 g/mol. The lowest BCUT2D eigenvalue weighted by Crippen LogP contribution is -2.31. The molecule has 1 unspecified atom stereocenters. The smallest absolute Gasteiger partial charge is 0.251 e. The third-order valence-electron chi connectivity index (χ3n) is 3.35. The molecular weight excluding hydrogens is 318 g/mol. The molecule has 1 amide bonds. The molecule has 0 radical (unpaired) electrons. The zero-order chi connectivity index (χ0) is 16.3. The fraction of sp³-hybridized carbons (Fsp3) is 0.312. The van der Waals surface area contributed by atoms with Gasteiger partial charge in [0.15, 0.2) is 9.84 Å². The second kappa shape index (κ2) is 6.62. The summed E-state index contributed by atoms with van der Waals surface area (Å²) in [7, 11) is -3.25. The molecule has 1 N–H and O–H groups in total. The molecule has 0 saturated heterocycles. The number of carbonyl (C=O) groups is 1. The van der Waals surface area contributed by atoms with E-state index in [2.05, 4.69) is 19.2 Å². The summed E-state index contributed by atoms with van der Waals surface area (Å²) in [6.07, 6.45) is 1.15. The van der Waals surface area contributed by atoms with Gasteiger partial charge in [0.05, 0.1) is 10.9 Å². The maximum absolute atomic E-state index is 12.4. The van der Waals surface area contributed by atoms with Crippen molar-refractivity contribution in [1.29, 1.82) is 0 Å². The topological polar surface area (TPSA) is 63.2 Å². The van der Waals surface area contributed by atoms with Gasteiger partial charge in [-0.15, -0.1) is 11.3 Å². The van der Waals surface area contributed by atoms with Crippen LogP contribution < -0.4 is 5.32 Å². The minimum absolute atomic E-state index is 0.0536. The van der Waals surface area contributed by atoms with E-state index in [9.17, 15) is 13.2 Å². The van der Waals surface area contributed by atoms with E-state index in [1.165, 1.54) is 24.3 Å². The van der Waals surface area contributed by atoms with E-state index in [4.69, 9.17) is 0 Å². The minimum Gasteiger partial charge on any atom is -0.344 e. The van der Waals surface area contributed by atoms with E-state index in [1.807, 2.05) is 17.5 Å². The maximum Gasteiger partial charge on any atom is 0.251 e. The Labute approximate surface area is 135 Å². The lowest BCUT2D eigenvalue weighted by Gasteiger charge is -2.21. The van der Waals surface area contributed by atoms with Crippen molar-refractivity contribution in [3.05, 3.63) is 52.2 Å². The largest absolute Gasteiger partial charge is 0.344 e. The van der Waals surface area contributed by atoms with Gasteiger partial charge in [0.25, 0.3) is 5.91 Å². The van der Waals surface area contributed by atoms with E-state index in [0.29, 0.717) is 5.56 Å². The normalized spacial score (nSPS) is 13.1. The van der Waals surface area contributed by atoms with Crippen LogP contribution in [0, 0.1) is 5.92 Å². The van der Waals surface area contributed by atoms with Gasteiger partial charge in [0.2, 0.25) is 0 Å². The summed E-state index contributed by atoms with van der Waals surface area (Å²) in [5.41, 5.74) is 0.453. The molecule has 1 aromatic heterocycles. The van der Waals surface area contributed by atoms with E-state index in [0.717, 1.165) is 11.1 Å². The van der Waals surface area contributed by atoms with E-state index in [1.54, 1.807) is 11.3 Å². The first-order chi connectivity index (χ1) is 10.3. The molecule has 0 aliphatic heterocycles. The Kier molecular flexibility index (Phi) is 5.03. The van der Waals surface area contributed by atoms with E-state index in [-0.39, 0.29) is 22.8 Å². The standard InChI is InChI=1S/C16H19NO3S2/c1-11(2)15(14-5-4-10-21-14)17-16(18)12-6-8-13(9-7-12)22(3,19)20/h4-11,15H,1-3H3,(H,17,18). The number of hydrogen-bond donors (Lipinski definition) is 1. The third-order valence-corrected chi connectivity index (χ3v) is 5.43. The highest BCUT2D eigenvalue weighted by atomic mass is 32.2. The SMILES string of the molecule is CC(C)C(NC(=O)c1ccc(S(C)(=O)=O)cc1)c1cccs1. The molecule has 4 nitrogen and oxygen atoms in total. The summed E-state index contributed by atoms with van der Waals surface area (Å²) in [6, 6.07) is 9.90. The first-order valence-electron chi connectivity index (χ1n) is 6.93. The first kappa shape index (κ1) is 16.7. The summed E-state index contributed by atoms with van der Waals surface area (Å²) in [5.74, 6) is 0.0602. The maximum atomic E-state index is 12.4. The van der Waals surface area contributed by atoms with Crippen LogP contribution in [0.5, 0.6) is 0 Å². The molecule has 1 heterocycles. The number of sulfone groups is 1. The van der Waals surface area contributed by atoms with Crippen LogP contribution in [-0.2, 0) is 9.84 Å². The average molecular weight is 337 g/mol. The molecule has 22 heavy (non-hydrogen) atoms. The zero-order valence-electron chi connectivity index (χ0n) is 12.7.